The number of rotatable bonds is 8. The maximum absolute atomic E-state index is 12.0. The van der Waals surface area contributed by atoms with Crippen molar-refractivity contribution >= 4 is 7.60 Å². The van der Waals surface area contributed by atoms with E-state index in [0.29, 0.717) is 0 Å². The van der Waals surface area contributed by atoms with Crippen molar-refractivity contribution in [1.29, 1.82) is 0 Å². The molecule has 0 aliphatic rings. The molecule has 15 heavy (non-hydrogen) atoms. The molecule has 0 bridgehead atoms. The molecule has 0 fully saturated rings. The second kappa shape index (κ2) is 8.05. The zero-order valence-electron chi connectivity index (χ0n) is 9.68. The molecule has 0 aromatic rings. The highest BCUT2D eigenvalue weighted by molar-refractivity contribution is 7.54. The molecule has 0 radical (unpaired) electrons. The van der Waals surface area contributed by atoms with Crippen LogP contribution in [-0.2, 0) is 13.6 Å². The monoisotopic (exact) mass is 236 g/mol. The highest BCUT2D eigenvalue weighted by Crippen LogP contribution is 2.52. The molecular formula is C10H21O4P. The third kappa shape index (κ3) is 5.47. The van der Waals surface area contributed by atoms with Crippen LogP contribution in [0.25, 0.3) is 0 Å². The number of hydrogen-bond acceptors (Lipinski definition) is 4. The van der Waals surface area contributed by atoms with Gasteiger partial charge in [-0.1, -0.05) is 19.4 Å². The van der Waals surface area contributed by atoms with Gasteiger partial charge in [0.15, 0.2) is 5.85 Å². The van der Waals surface area contributed by atoms with E-state index < -0.39 is 13.4 Å². The van der Waals surface area contributed by atoms with Crippen LogP contribution >= 0.6 is 7.60 Å². The van der Waals surface area contributed by atoms with Gasteiger partial charge in [0.25, 0.3) is 0 Å². The lowest BCUT2D eigenvalue weighted by Gasteiger charge is -2.19. The van der Waals surface area contributed by atoms with E-state index in [1.165, 1.54) is 6.08 Å². The van der Waals surface area contributed by atoms with Crippen molar-refractivity contribution in [2.24, 2.45) is 0 Å². The molecule has 0 saturated heterocycles. The third-order valence-electron chi connectivity index (χ3n) is 1.71. The lowest BCUT2D eigenvalue weighted by atomic mass is 10.3. The number of hydrogen-bond donors (Lipinski definition) is 1. The van der Waals surface area contributed by atoms with Gasteiger partial charge in [0.05, 0.1) is 13.2 Å². The summed E-state index contributed by atoms with van der Waals surface area (Å²) in [5, 5.41) is 9.66. The number of aliphatic hydroxyl groups excluding tert-OH is 1. The Kier molecular flexibility index (Phi) is 7.97. The van der Waals surface area contributed by atoms with Crippen LogP contribution < -0.4 is 0 Å². The smallest absolute Gasteiger partial charge is 0.362 e. The van der Waals surface area contributed by atoms with E-state index in [9.17, 15) is 9.67 Å². The minimum absolute atomic E-state index is 0.260. The summed E-state index contributed by atoms with van der Waals surface area (Å²) in [7, 11) is -3.38. The van der Waals surface area contributed by atoms with E-state index in [-0.39, 0.29) is 13.2 Å². The SMILES string of the molecule is CCC/C=C/C(O)P(=O)(OCC)OCC. The first-order valence-corrected chi connectivity index (χ1v) is 6.95. The first-order chi connectivity index (χ1) is 7.10. The zero-order valence-corrected chi connectivity index (χ0v) is 10.6. The molecular weight excluding hydrogens is 215 g/mol. The fourth-order valence-corrected chi connectivity index (χ4v) is 2.47. The highest BCUT2D eigenvalue weighted by atomic mass is 31.2. The van der Waals surface area contributed by atoms with Crippen LogP contribution in [0.1, 0.15) is 33.6 Å². The second-order valence-corrected chi connectivity index (χ2v) is 5.13. The molecule has 0 spiro atoms. The minimum atomic E-state index is -3.38. The predicted molar refractivity (Wildman–Crippen MR) is 60.9 cm³/mol. The summed E-state index contributed by atoms with van der Waals surface area (Å²) in [6.07, 6.45) is 5.09. The number of aliphatic hydroxyl groups is 1. The van der Waals surface area contributed by atoms with Crippen molar-refractivity contribution in [2.75, 3.05) is 13.2 Å². The molecule has 5 heteroatoms. The van der Waals surface area contributed by atoms with Gasteiger partial charge in [-0.05, 0) is 26.3 Å². The van der Waals surface area contributed by atoms with Crippen molar-refractivity contribution < 1.29 is 18.7 Å². The molecule has 0 aliphatic heterocycles. The van der Waals surface area contributed by atoms with Crippen LogP contribution in [0.15, 0.2) is 12.2 Å². The van der Waals surface area contributed by atoms with Crippen LogP contribution in [0.2, 0.25) is 0 Å². The van der Waals surface area contributed by atoms with Crippen molar-refractivity contribution in [1.82, 2.24) is 0 Å². The minimum Gasteiger partial charge on any atom is -0.377 e. The standard InChI is InChI=1S/C10H21O4P/c1-4-7-8-9-10(11)15(12,13-5-2)14-6-3/h8-11H,4-7H2,1-3H3/b9-8+. The quantitative estimate of drug-likeness (QED) is 0.520. The molecule has 0 aliphatic carbocycles. The predicted octanol–water partition coefficient (Wildman–Crippen LogP) is 2.93. The van der Waals surface area contributed by atoms with Gasteiger partial charge in [0, 0.05) is 0 Å². The van der Waals surface area contributed by atoms with Gasteiger partial charge in [-0.15, -0.1) is 0 Å². The van der Waals surface area contributed by atoms with Gasteiger partial charge < -0.3 is 14.2 Å². The molecule has 0 aromatic heterocycles. The zero-order chi connectivity index (χ0) is 11.7. The molecule has 4 nitrogen and oxygen atoms in total. The van der Waals surface area contributed by atoms with E-state index >= 15 is 0 Å². The summed E-state index contributed by atoms with van der Waals surface area (Å²) in [4.78, 5) is 0. The van der Waals surface area contributed by atoms with Gasteiger partial charge in [-0.3, -0.25) is 4.57 Å². The topological polar surface area (TPSA) is 55.8 Å². The summed E-state index contributed by atoms with van der Waals surface area (Å²) in [6, 6.07) is 0. The Hall–Kier alpha value is -0.150. The molecule has 0 aromatic carbocycles. The largest absolute Gasteiger partial charge is 0.377 e. The molecule has 90 valence electrons. The summed E-state index contributed by atoms with van der Waals surface area (Å²) < 4.78 is 22.0. The third-order valence-corrected chi connectivity index (χ3v) is 3.76. The van der Waals surface area contributed by atoms with Crippen LogP contribution in [-0.4, -0.2) is 24.2 Å². The first kappa shape index (κ1) is 14.8. The average molecular weight is 236 g/mol. The van der Waals surface area contributed by atoms with Gasteiger partial charge in [0.1, 0.15) is 0 Å². The Morgan fingerprint density at radius 3 is 2.20 bits per heavy atom. The van der Waals surface area contributed by atoms with Crippen LogP contribution in [0, 0.1) is 0 Å². The summed E-state index contributed by atoms with van der Waals surface area (Å²) in [5.74, 6) is -1.16. The Morgan fingerprint density at radius 2 is 1.80 bits per heavy atom. The van der Waals surface area contributed by atoms with Crippen molar-refractivity contribution in [3.05, 3.63) is 12.2 Å². The van der Waals surface area contributed by atoms with Crippen LogP contribution in [0.5, 0.6) is 0 Å². The second-order valence-electron chi connectivity index (χ2n) is 3.01. The molecule has 0 saturated carbocycles. The summed E-state index contributed by atoms with van der Waals surface area (Å²) >= 11 is 0. The van der Waals surface area contributed by atoms with Crippen LogP contribution in [0.3, 0.4) is 0 Å². The maximum atomic E-state index is 12.0. The lowest BCUT2D eigenvalue weighted by molar-refractivity contribution is 0.168. The fraction of sp³-hybridized carbons (Fsp3) is 0.800. The van der Waals surface area contributed by atoms with E-state index in [1.54, 1.807) is 19.9 Å². The van der Waals surface area contributed by atoms with E-state index in [2.05, 4.69) is 0 Å². The van der Waals surface area contributed by atoms with Gasteiger partial charge >= 0.3 is 7.60 Å². The molecule has 0 rings (SSSR count). The number of allylic oxidation sites excluding steroid dienone is 1. The lowest BCUT2D eigenvalue weighted by Crippen LogP contribution is -2.10. The van der Waals surface area contributed by atoms with Crippen molar-refractivity contribution in [3.63, 3.8) is 0 Å². The van der Waals surface area contributed by atoms with E-state index in [0.717, 1.165) is 12.8 Å². The molecule has 1 unspecified atom stereocenters. The average Bonchev–Trinajstić information content (AvgIpc) is 2.18. The summed E-state index contributed by atoms with van der Waals surface area (Å²) in [5.41, 5.74) is 0. The molecule has 0 heterocycles. The number of unbranched alkanes of at least 4 members (excludes halogenated alkanes) is 1. The normalized spacial score (nSPS) is 14.7. The Morgan fingerprint density at radius 1 is 1.27 bits per heavy atom. The van der Waals surface area contributed by atoms with Gasteiger partial charge in [-0.25, -0.2) is 0 Å². The van der Waals surface area contributed by atoms with Crippen LogP contribution in [0.4, 0.5) is 0 Å². The van der Waals surface area contributed by atoms with E-state index in [1.807, 2.05) is 6.92 Å². The molecule has 1 N–H and O–H groups in total. The molecule has 0 amide bonds. The van der Waals surface area contributed by atoms with Crippen molar-refractivity contribution in [3.8, 4) is 0 Å². The van der Waals surface area contributed by atoms with Crippen molar-refractivity contribution in [2.45, 2.75) is 39.5 Å². The van der Waals surface area contributed by atoms with Gasteiger partial charge in [-0.2, -0.15) is 0 Å². The maximum Gasteiger partial charge on any atom is 0.362 e. The van der Waals surface area contributed by atoms with Gasteiger partial charge in [0.2, 0.25) is 0 Å². The molecule has 1 atom stereocenters. The summed E-state index contributed by atoms with van der Waals surface area (Å²) in [6.45, 7) is 5.98. The van der Waals surface area contributed by atoms with E-state index in [4.69, 9.17) is 9.05 Å². The Balaban J connectivity index is 4.40. The Bertz CT molecular complexity index is 217. The highest BCUT2D eigenvalue weighted by Gasteiger charge is 2.31. The first-order valence-electron chi connectivity index (χ1n) is 5.34. The Labute approximate surface area is 91.8 Å². The fourth-order valence-electron chi connectivity index (χ4n) is 1.04.